The number of benzene rings is 3. The first-order chi connectivity index (χ1) is 19.2. The van der Waals surface area contributed by atoms with Gasteiger partial charge in [0.1, 0.15) is 18.4 Å². The first-order valence-electron chi connectivity index (χ1n) is 13.3. The molecule has 1 saturated carbocycles. The van der Waals surface area contributed by atoms with Gasteiger partial charge in [-0.3, -0.25) is 13.9 Å². The molecule has 2 amide bonds. The molecule has 3 aromatic rings. The highest BCUT2D eigenvalue weighted by atomic mass is 79.9. The number of halogens is 2. The summed E-state index contributed by atoms with van der Waals surface area (Å²) < 4.78 is 43.9. The lowest BCUT2D eigenvalue weighted by Gasteiger charge is -2.33. The molecule has 0 heterocycles. The Bertz CT molecular complexity index is 1430. The van der Waals surface area contributed by atoms with E-state index in [0.29, 0.717) is 4.47 Å². The molecule has 1 fully saturated rings. The summed E-state index contributed by atoms with van der Waals surface area (Å²) in [6, 6.07) is 19.6. The Hall–Kier alpha value is -3.24. The SMILES string of the molecule is C[C@H](C(=O)NC1CCCCC1)N(Cc1ccccc1F)C(=O)CN(c1cccc(Br)c1)S(=O)(=O)c1ccccc1. The van der Waals surface area contributed by atoms with Crippen molar-refractivity contribution < 1.29 is 22.4 Å². The summed E-state index contributed by atoms with van der Waals surface area (Å²) in [6.07, 6.45) is 4.91. The highest BCUT2D eigenvalue weighted by Gasteiger charge is 2.33. The quantitative estimate of drug-likeness (QED) is 0.314. The number of nitrogens with zero attached hydrogens (tertiary/aromatic N) is 2. The fourth-order valence-electron chi connectivity index (χ4n) is 4.84. The van der Waals surface area contributed by atoms with E-state index in [1.54, 1.807) is 67.6 Å². The van der Waals surface area contributed by atoms with E-state index in [-0.39, 0.29) is 34.6 Å². The number of hydrogen-bond donors (Lipinski definition) is 1. The van der Waals surface area contributed by atoms with Gasteiger partial charge in [-0.2, -0.15) is 0 Å². The number of hydrogen-bond acceptors (Lipinski definition) is 4. The zero-order valence-corrected chi connectivity index (χ0v) is 24.7. The minimum Gasteiger partial charge on any atom is -0.352 e. The van der Waals surface area contributed by atoms with E-state index in [9.17, 15) is 22.4 Å². The average molecular weight is 631 g/mol. The normalized spacial score (nSPS) is 14.8. The monoisotopic (exact) mass is 629 g/mol. The Balaban J connectivity index is 1.67. The Labute approximate surface area is 243 Å². The summed E-state index contributed by atoms with van der Waals surface area (Å²) in [5.41, 5.74) is 0.504. The Morgan fingerprint density at radius 1 is 0.975 bits per heavy atom. The third-order valence-corrected chi connectivity index (χ3v) is 9.40. The van der Waals surface area contributed by atoms with Crippen molar-refractivity contribution in [1.29, 1.82) is 0 Å². The molecule has 0 aliphatic heterocycles. The molecular formula is C30H33BrFN3O4S. The second-order valence-corrected chi connectivity index (χ2v) is 12.7. The van der Waals surface area contributed by atoms with Crippen LogP contribution < -0.4 is 9.62 Å². The maximum absolute atomic E-state index is 14.7. The Kier molecular flexibility index (Phi) is 9.97. The summed E-state index contributed by atoms with van der Waals surface area (Å²) in [6.45, 7) is 0.817. The van der Waals surface area contributed by atoms with Gasteiger partial charge in [-0.1, -0.05) is 77.7 Å². The number of nitrogens with one attached hydrogen (secondary N) is 1. The number of carbonyl (C=O) groups excluding carboxylic acids is 2. The summed E-state index contributed by atoms with van der Waals surface area (Å²) in [7, 11) is -4.16. The van der Waals surface area contributed by atoms with E-state index in [1.807, 2.05) is 0 Å². The van der Waals surface area contributed by atoms with E-state index in [1.165, 1.54) is 23.1 Å². The second kappa shape index (κ2) is 13.4. The molecular weight excluding hydrogens is 597 g/mol. The van der Waals surface area contributed by atoms with E-state index in [4.69, 9.17) is 0 Å². The van der Waals surface area contributed by atoms with Crippen LogP contribution in [0.1, 0.15) is 44.6 Å². The fraction of sp³-hybridized carbons (Fsp3) is 0.333. The molecule has 0 unspecified atom stereocenters. The largest absolute Gasteiger partial charge is 0.352 e. The number of amides is 2. The van der Waals surface area contributed by atoms with Gasteiger partial charge in [0.25, 0.3) is 10.0 Å². The van der Waals surface area contributed by atoms with Crippen LogP contribution in [-0.4, -0.2) is 43.8 Å². The smallest absolute Gasteiger partial charge is 0.264 e. The lowest BCUT2D eigenvalue weighted by Crippen LogP contribution is -2.53. The third kappa shape index (κ3) is 7.28. The minimum atomic E-state index is -4.16. The molecule has 1 atom stereocenters. The van der Waals surface area contributed by atoms with Gasteiger partial charge >= 0.3 is 0 Å². The van der Waals surface area contributed by atoms with Gasteiger partial charge in [-0.05, 0) is 56.2 Å². The van der Waals surface area contributed by atoms with Crippen LogP contribution in [-0.2, 0) is 26.2 Å². The van der Waals surface area contributed by atoms with Crippen molar-refractivity contribution in [3.05, 3.63) is 94.7 Å². The van der Waals surface area contributed by atoms with Crippen LogP contribution in [0.15, 0.2) is 88.2 Å². The number of carbonyl (C=O) groups is 2. The molecule has 10 heteroatoms. The first kappa shape index (κ1) is 29.7. The van der Waals surface area contributed by atoms with Crippen molar-refractivity contribution in [3.63, 3.8) is 0 Å². The third-order valence-electron chi connectivity index (χ3n) is 7.12. The maximum Gasteiger partial charge on any atom is 0.264 e. The van der Waals surface area contributed by atoms with Gasteiger partial charge in [0, 0.05) is 22.6 Å². The van der Waals surface area contributed by atoms with E-state index in [2.05, 4.69) is 21.2 Å². The van der Waals surface area contributed by atoms with E-state index >= 15 is 0 Å². The van der Waals surface area contributed by atoms with Gasteiger partial charge in [-0.25, -0.2) is 12.8 Å². The van der Waals surface area contributed by atoms with Gasteiger partial charge in [0.15, 0.2) is 0 Å². The van der Waals surface area contributed by atoms with Crippen molar-refractivity contribution in [2.45, 2.75) is 62.6 Å². The van der Waals surface area contributed by atoms with Crippen LogP contribution in [0.25, 0.3) is 0 Å². The highest BCUT2D eigenvalue weighted by molar-refractivity contribution is 9.10. The van der Waals surface area contributed by atoms with Crippen LogP contribution in [0.4, 0.5) is 10.1 Å². The minimum absolute atomic E-state index is 0.0192. The molecule has 0 spiro atoms. The van der Waals surface area contributed by atoms with Crippen LogP contribution in [0.3, 0.4) is 0 Å². The molecule has 40 heavy (non-hydrogen) atoms. The number of rotatable bonds is 10. The molecule has 0 aromatic heterocycles. The summed E-state index contributed by atoms with van der Waals surface area (Å²) >= 11 is 3.38. The molecule has 0 bridgehead atoms. The predicted molar refractivity (Wildman–Crippen MR) is 157 cm³/mol. The fourth-order valence-corrected chi connectivity index (χ4v) is 6.66. The molecule has 212 valence electrons. The predicted octanol–water partition coefficient (Wildman–Crippen LogP) is 5.65. The van der Waals surface area contributed by atoms with Crippen molar-refractivity contribution in [1.82, 2.24) is 10.2 Å². The maximum atomic E-state index is 14.7. The molecule has 1 aliphatic carbocycles. The molecule has 0 saturated heterocycles. The van der Waals surface area contributed by atoms with Crippen LogP contribution >= 0.6 is 15.9 Å². The average Bonchev–Trinajstić information content (AvgIpc) is 2.96. The first-order valence-corrected chi connectivity index (χ1v) is 15.6. The van der Waals surface area contributed by atoms with Crippen LogP contribution in [0, 0.1) is 5.82 Å². The highest BCUT2D eigenvalue weighted by Crippen LogP contribution is 2.27. The lowest BCUT2D eigenvalue weighted by molar-refractivity contribution is -0.139. The molecule has 7 nitrogen and oxygen atoms in total. The summed E-state index contributed by atoms with van der Waals surface area (Å²) in [5.74, 6) is -1.49. The van der Waals surface area contributed by atoms with Crippen molar-refractivity contribution in [2.75, 3.05) is 10.8 Å². The number of anilines is 1. The Morgan fingerprint density at radius 3 is 2.33 bits per heavy atom. The number of sulfonamides is 1. The zero-order valence-electron chi connectivity index (χ0n) is 22.3. The topological polar surface area (TPSA) is 86.8 Å². The standard InChI is InChI=1S/C30H33BrFN3O4S/c1-22(30(37)33-25-13-4-2-5-14-25)34(20-23-11-8-9-18-28(23)32)29(36)21-35(26-15-10-12-24(31)19-26)40(38,39)27-16-6-3-7-17-27/h3,6-12,15-19,22,25H,2,4-5,13-14,20-21H2,1H3,(H,33,37)/t22-/m1/s1. The van der Waals surface area contributed by atoms with Gasteiger partial charge in [0.05, 0.1) is 10.6 Å². The van der Waals surface area contributed by atoms with Gasteiger partial charge in [-0.15, -0.1) is 0 Å². The molecule has 3 aromatic carbocycles. The second-order valence-electron chi connectivity index (χ2n) is 9.94. The van der Waals surface area contributed by atoms with E-state index in [0.717, 1.165) is 36.4 Å². The van der Waals surface area contributed by atoms with Crippen molar-refractivity contribution in [3.8, 4) is 0 Å². The van der Waals surface area contributed by atoms with Gasteiger partial charge < -0.3 is 10.2 Å². The summed E-state index contributed by atoms with van der Waals surface area (Å²) in [4.78, 5) is 28.5. The summed E-state index contributed by atoms with van der Waals surface area (Å²) in [5, 5.41) is 3.04. The van der Waals surface area contributed by atoms with Crippen molar-refractivity contribution >= 4 is 43.5 Å². The molecule has 0 radical (unpaired) electrons. The lowest BCUT2D eigenvalue weighted by atomic mass is 9.95. The van der Waals surface area contributed by atoms with Gasteiger partial charge in [0.2, 0.25) is 11.8 Å². The Morgan fingerprint density at radius 2 is 1.65 bits per heavy atom. The van der Waals surface area contributed by atoms with E-state index < -0.39 is 34.3 Å². The van der Waals surface area contributed by atoms with Crippen LogP contribution in [0.2, 0.25) is 0 Å². The zero-order chi connectivity index (χ0) is 28.7. The van der Waals surface area contributed by atoms with Crippen molar-refractivity contribution in [2.24, 2.45) is 0 Å². The molecule has 4 rings (SSSR count). The molecule has 1 N–H and O–H groups in total. The van der Waals surface area contributed by atoms with Crippen LogP contribution in [0.5, 0.6) is 0 Å². The molecule has 1 aliphatic rings.